The second-order valence-corrected chi connectivity index (χ2v) is 6.26. The summed E-state index contributed by atoms with van der Waals surface area (Å²) in [7, 11) is -4.02. The Balaban J connectivity index is 0.000000257. The summed E-state index contributed by atoms with van der Waals surface area (Å²) >= 11 is 0. The average molecular weight is 361 g/mol. The van der Waals surface area contributed by atoms with E-state index in [1.54, 1.807) is 24.3 Å². The molecular weight excluding hydrogens is 346 g/mol. The maximum Gasteiger partial charge on any atom is 0.406 e. The van der Waals surface area contributed by atoms with Crippen LogP contribution in [0.4, 0.5) is 0 Å². The van der Waals surface area contributed by atoms with Gasteiger partial charge in [-0.1, -0.05) is 23.8 Å². The fraction of sp³-hybridized carbons (Fsp3) is 0.125. The molecule has 130 valence electrons. The molecule has 0 saturated carbocycles. The number of hydrogen-bond acceptors (Lipinski definition) is 5. The molecule has 8 nitrogen and oxygen atoms in total. The van der Waals surface area contributed by atoms with Crippen LogP contribution in [0.2, 0.25) is 0 Å². The summed E-state index contributed by atoms with van der Waals surface area (Å²) in [5.74, 6) is -1.27. The highest BCUT2D eigenvalue weighted by molar-refractivity contribution is 7.85. The lowest BCUT2D eigenvalue weighted by molar-refractivity contribution is -0.115. The molecule has 0 fully saturated rings. The summed E-state index contributed by atoms with van der Waals surface area (Å²) in [4.78, 5) is 28.6. The Morgan fingerprint density at radius 2 is 1.72 bits per heavy atom. The highest BCUT2D eigenvalue weighted by atomic mass is 32.2. The number of aryl methyl sites for hydroxylation is 1. The van der Waals surface area contributed by atoms with Gasteiger partial charge in [0, 0.05) is 13.1 Å². The Morgan fingerprint density at radius 1 is 1.12 bits per heavy atom. The maximum atomic E-state index is 11.4. The predicted octanol–water partition coefficient (Wildman–Crippen LogP) is 1.77. The molecule has 0 spiro atoms. The van der Waals surface area contributed by atoms with Crippen LogP contribution >= 0.6 is 0 Å². The number of aromatic nitrogens is 1. The fourth-order valence-corrected chi connectivity index (χ4v) is 2.08. The number of carbonyl (C=O) groups excluding carboxylic acids is 2. The quantitative estimate of drug-likeness (QED) is 0.220. The zero-order valence-electron chi connectivity index (χ0n) is 13.4. The van der Waals surface area contributed by atoms with E-state index < -0.39 is 27.4 Å². The number of Topliss-reactive ketones (excluding diaryl/α,β-unsaturated/α-hetero) is 2. The molecule has 0 aliphatic rings. The third kappa shape index (κ3) is 6.19. The van der Waals surface area contributed by atoms with Crippen molar-refractivity contribution in [3.63, 3.8) is 0 Å². The van der Waals surface area contributed by atoms with Crippen LogP contribution in [0.5, 0.6) is 0 Å². The number of carbonyl (C=O) groups is 2. The van der Waals surface area contributed by atoms with E-state index in [1.807, 2.05) is 6.92 Å². The molecular formula is C16H15N3O5S. The van der Waals surface area contributed by atoms with E-state index in [-0.39, 0.29) is 10.6 Å². The van der Waals surface area contributed by atoms with Gasteiger partial charge in [-0.05, 0) is 31.2 Å². The first-order valence-electron chi connectivity index (χ1n) is 6.89. The predicted molar refractivity (Wildman–Crippen MR) is 88.9 cm³/mol. The van der Waals surface area contributed by atoms with E-state index in [9.17, 15) is 18.0 Å². The molecule has 0 saturated heterocycles. The Kier molecular flexibility index (Phi) is 7.01. The van der Waals surface area contributed by atoms with Crippen molar-refractivity contribution in [2.45, 2.75) is 18.7 Å². The van der Waals surface area contributed by atoms with Crippen LogP contribution < -0.4 is 0 Å². The van der Waals surface area contributed by atoms with Crippen molar-refractivity contribution in [1.82, 2.24) is 4.98 Å². The lowest BCUT2D eigenvalue weighted by Gasteiger charge is -1.95. The number of pyridine rings is 1. The smallest absolute Gasteiger partial charge is 0.360 e. The molecule has 1 heterocycles. The first-order chi connectivity index (χ1) is 11.7. The van der Waals surface area contributed by atoms with E-state index in [2.05, 4.69) is 9.77 Å². The van der Waals surface area contributed by atoms with Crippen molar-refractivity contribution in [3.05, 3.63) is 65.4 Å². The minimum atomic E-state index is -4.02. The van der Waals surface area contributed by atoms with E-state index in [1.165, 1.54) is 24.4 Å². The van der Waals surface area contributed by atoms with Gasteiger partial charge in [-0.2, -0.15) is 13.2 Å². The molecule has 1 aromatic carbocycles. The molecule has 0 unspecified atom stereocenters. The Bertz CT molecular complexity index is 916. The standard InChI is InChI=1S/C9H7N3O2.C7H8O3S/c1-6(13)8(12-10)9(14)7-4-2-3-5-11-7;1-6-2-4-7(5-3-6)11(8,9)10/h2-5H,1H3;2-5H,1H3,(H,8,9,10). The molecule has 0 amide bonds. The van der Waals surface area contributed by atoms with Crippen LogP contribution in [0.3, 0.4) is 0 Å². The van der Waals surface area contributed by atoms with Crippen LogP contribution in [-0.4, -0.2) is 40.0 Å². The Morgan fingerprint density at radius 3 is 2.12 bits per heavy atom. The maximum absolute atomic E-state index is 11.4. The summed E-state index contributed by atoms with van der Waals surface area (Å²) in [5, 5.41) is 0. The number of rotatable bonds is 4. The molecule has 0 aliphatic heterocycles. The molecule has 0 bridgehead atoms. The van der Waals surface area contributed by atoms with Gasteiger partial charge >= 0.3 is 5.71 Å². The van der Waals surface area contributed by atoms with Gasteiger partial charge in [0.15, 0.2) is 0 Å². The Hall–Kier alpha value is -3.00. The van der Waals surface area contributed by atoms with E-state index in [0.29, 0.717) is 0 Å². The molecule has 1 N–H and O–H groups in total. The van der Waals surface area contributed by atoms with Crippen molar-refractivity contribution in [2.75, 3.05) is 0 Å². The number of nitrogens with zero attached hydrogens (tertiary/aromatic N) is 3. The van der Waals surface area contributed by atoms with Gasteiger partial charge in [0.05, 0.1) is 4.90 Å². The van der Waals surface area contributed by atoms with E-state index >= 15 is 0 Å². The zero-order chi connectivity index (χ0) is 19.0. The summed E-state index contributed by atoms with van der Waals surface area (Å²) < 4.78 is 29.6. The van der Waals surface area contributed by atoms with Crippen LogP contribution in [0.25, 0.3) is 5.53 Å². The summed E-state index contributed by atoms with van der Waals surface area (Å²) in [6, 6.07) is 10.7. The minimum Gasteiger partial charge on any atom is -0.360 e. The molecule has 1 aromatic heterocycles. The van der Waals surface area contributed by atoms with Crippen LogP contribution in [0.15, 0.2) is 53.6 Å². The second kappa shape index (κ2) is 8.74. The normalized spacial score (nSPS) is 10.0. The lowest BCUT2D eigenvalue weighted by Crippen LogP contribution is -2.23. The second-order valence-electron chi connectivity index (χ2n) is 4.84. The van der Waals surface area contributed by atoms with E-state index in [4.69, 9.17) is 10.1 Å². The highest BCUT2D eigenvalue weighted by Gasteiger charge is 2.27. The van der Waals surface area contributed by atoms with Gasteiger partial charge in [-0.25, -0.2) is 0 Å². The molecule has 0 aliphatic carbocycles. The molecule has 9 heteroatoms. The molecule has 0 radical (unpaired) electrons. The Labute approximate surface area is 144 Å². The SMILES string of the molecule is CC(=O)C(=[N+]=[N-])C(=O)c1ccccn1.Cc1ccc(S(=O)(=O)O)cc1. The van der Waals surface area contributed by atoms with Crippen molar-refractivity contribution < 1.29 is 27.3 Å². The van der Waals surface area contributed by atoms with Crippen molar-refractivity contribution in [3.8, 4) is 0 Å². The third-order valence-electron chi connectivity index (χ3n) is 2.86. The average Bonchev–Trinajstić information content (AvgIpc) is 2.56. The van der Waals surface area contributed by atoms with Gasteiger partial charge in [0.1, 0.15) is 5.69 Å². The topological polar surface area (TPSA) is 138 Å². The molecule has 2 aromatic rings. The fourth-order valence-electron chi connectivity index (χ4n) is 1.60. The lowest BCUT2D eigenvalue weighted by atomic mass is 10.1. The zero-order valence-corrected chi connectivity index (χ0v) is 14.3. The van der Waals surface area contributed by atoms with Gasteiger partial charge in [-0.3, -0.25) is 19.1 Å². The summed E-state index contributed by atoms with van der Waals surface area (Å²) in [6.07, 6.45) is 1.42. The summed E-state index contributed by atoms with van der Waals surface area (Å²) in [6.45, 7) is 2.99. The van der Waals surface area contributed by atoms with Crippen molar-refractivity contribution in [1.29, 1.82) is 0 Å². The van der Waals surface area contributed by atoms with Crippen LogP contribution in [-0.2, 0) is 14.9 Å². The van der Waals surface area contributed by atoms with Gasteiger partial charge in [-0.15, -0.1) is 0 Å². The molecule has 25 heavy (non-hydrogen) atoms. The number of benzene rings is 1. The summed E-state index contributed by atoms with van der Waals surface area (Å²) in [5.41, 5.74) is 8.97. The van der Waals surface area contributed by atoms with E-state index in [0.717, 1.165) is 12.5 Å². The van der Waals surface area contributed by atoms with Gasteiger partial charge in [0.2, 0.25) is 5.78 Å². The third-order valence-corrected chi connectivity index (χ3v) is 3.73. The largest absolute Gasteiger partial charge is 0.406 e. The van der Waals surface area contributed by atoms with Crippen molar-refractivity contribution >= 4 is 27.4 Å². The number of ketones is 2. The minimum absolute atomic E-state index is 0.0666. The van der Waals surface area contributed by atoms with Crippen LogP contribution in [0, 0.1) is 6.92 Å². The van der Waals surface area contributed by atoms with Gasteiger partial charge in [0.25, 0.3) is 15.9 Å². The van der Waals surface area contributed by atoms with Crippen LogP contribution in [0.1, 0.15) is 23.0 Å². The molecule has 2 rings (SSSR count). The number of hydrogen-bond donors (Lipinski definition) is 1. The van der Waals surface area contributed by atoms with Crippen molar-refractivity contribution in [2.24, 2.45) is 0 Å². The van der Waals surface area contributed by atoms with Gasteiger partial charge < -0.3 is 5.53 Å². The first-order valence-corrected chi connectivity index (χ1v) is 8.33. The highest BCUT2D eigenvalue weighted by Crippen LogP contribution is 2.08. The monoisotopic (exact) mass is 361 g/mol. The molecule has 0 atom stereocenters. The first kappa shape index (κ1) is 20.0.